The molecule has 0 fully saturated rings. The Morgan fingerprint density at radius 3 is 2.10 bits per heavy atom. The molecule has 0 bridgehead atoms. The van der Waals surface area contributed by atoms with Crippen molar-refractivity contribution in [2.24, 2.45) is 0 Å². The summed E-state index contributed by atoms with van der Waals surface area (Å²) in [4.78, 5) is 0. The number of nitrogens with one attached hydrogen (secondary N) is 1. The Hall–Kier alpha value is -1.67. The molecule has 0 unspecified atom stereocenters. The molecule has 3 rings (SSSR count). The molecule has 2 atom stereocenters. The molecule has 0 spiro atoms. The van der Waals surface area contributed by atoms with Gasteiger partial charge in [-0.1, -0.05) is 72.3 Å². The first-order chi connectivity index (χ1) is 14.7. The summed E-state index contributed by atoms with van der Waals surface area (Å²) in [5, 5.41) is 3.75. The van der Waals surface area contributed by atoms with Gasteiger partial charge < -0.3 is 24.4 Å². The molecule has 3 aromatic rings. The Bertz CT molecular complexity index is 858. The van der Waals surface area contributed by atoms with Gasteiger partial charge in [-0.05, 0) is 55.1 Å². The zero-order chi connectivity index (χ0) is 21.8. The molecule has 1 N–H and O–H groups in total. The summed E-state index contributed by atoms with van der Waals surface area (Å²) >= 11 is 1.82. The molecule has 166 valence electrons. The molecular formula is C27H33ClNORu+. The Kier molecular flexibility index (Phi) is 13.4. The van der Waals surface area contributed by atoms with E-state index in [2.05, 4.69) is 108 Å². The predicted molar refractivity (Wildman–Crippen MR) is 130 cm³/mol. The Balaban J connectivity index is 0.00000156. The second-order valence-corrected chi connectivity index (χ2v) is 7.32. The van der Waals surface area contributed by atoms with Crippen LogP contribution >= 0.6 is 9.69 Å². The molecular weight excluding hydrogens is 491 g/mol. The summed E-state index contributed by atoms with van der Waals surface area (Å²) in [7, 11) is 6.29. The van der Waals surface area contributed by atoms with Crippen LogP contribution in [0.3, 0.4) is 0 Å². The van der Waals surface area contributed by atoms with Crippen LogP contribution in [-0.2, 0) is 23.7 Å². The van der Waals surface area contributed by atoms with Crippen molar-refractivity contribution in [1.29, 1.82) is 0 Å². The van der Waals surface area contributed by atoms with Crippen LogP contribution in [0.4, 0.5) is 0 Å². The Morgan fingerprint density at radius 2 is 1.52 bits per heavy atom. The minimum atomic E-state index is 0. The van der Waals surface area contributed by atoms with Gasteiger partial charge in [0.05, 0.1) is 7.11 Å². The molecule has 0 aromatic heterocycles. The van der Waals surface area contributed by atoms with E-state index in [4.69, 9.17) is 4.74 Å². The van der Waals surface area contributed by atoms with E-state index < -0.39 is 0 Å². The average Bonchev–Trinajstić information content (AvgIpc) is 2.81. The van der Waals surface area contributed by atoms with Crippen molar-refractivity contribution < 1.29 is 22.0 Å². The van der Waals surface area contributed by atoms with Crippen molar-refractivity contribution >= 4 is 9.69 Å². The first-order valence-corrected chi connectivity index (χ1v) is 12.4. The third kappa shape index (κ3) is 8.77. The van der Waals surface area contributed by atoms with Gasteiger partial charge in [0.2, 0.25) is 0 Å². The van der Waals surface area contributed by atoms with Gasteiger partial charge in [-0.25, -0.2) is 0 Å². The molecule has 2 nitrogen and oxygen atoms in total. The molecule has 31 heavy (non-hydrogen) atoms. The van der Waals surface area contributed by atoms with E-state index in [1.807, 2.05) is 17.3 Å². The van der Waals surface area contributed by atoms with Crippen LogP contribution in [0.15, 0.2) is 78.9 Å². The number of hydrogen-bond donors (Lipinski definition) is 1. The maximum atomic E-state index is 5.39. The molecule has 0 saturated carbocycles. The molecule has 0 amide bonds. The molecule has 0 aliphatic rings. The van der Waals surface area contributed by atoms with Gasteiger partial charge in [-0.15, -0.1) is 5.92 Å². The quantitative estimate of drug-likeness (QED) is 0.185. The molecule has 0 radical (unpaired) electrons. The van der Waals surface area contributed by atoms with E-state index in [0.717, 1.165) is 25.1 Å². The van der Waals surface area contributed by atoms with E-state index >= 15 is 0 Å². The molecule has 3 aromatic carbocycles. The van der Waals surface area contributed by atoms with Gasteiger partial charge in [0, 0.05) is 6.04 Å². The predicted octanol–water partition coefficient (Wildman–Crippen LogP) is 7.02. The van der Waals surface area contributed by atoms with Crippen molar-refractivity contribution in [3.8, 4) is 5.75 Å². The third-order valence-electron chi connectivity index (χ3n) is 5.14. The number of aryl methyl sites for hydroxylation is 2. The van der Waals surface area contributed by atoms with Crippen LogP contribution < -0.4 is 10.1 Å². The summed E-state index contributed by atoms with van der Waals surface area (Å²) in [6.07, 6.45) is 2.09. The number of rotatable bonds is 9. The van der Waals surface area contributed by atoms with Crippen LogP contribution in [0.5, 0.6) is 5.75 Å². The van der Waals surface area contributed by atoms with Crippen molar-refractivity contribution in [3.05, 3.63) is 115 Å². The van der Waals surface area contributed by atoms with E-state index in [9.17, 15) is 0 Å². The topological polar surface area (TPSA) is 21.3 Å². The summed E-state index contributed by atoms with van der Waals surface area (Å²) < 4.78 is 5.39. The van der Waals surface area contributed by atoms with Gasteiger partial charge in [0.1, 0.15) is 5.75 Å². The van der Waals surface area contributed by atoms with Crippen molar-refractivity contribution in [3.63, 3.8) is 0 Å². The van der Waals surface area contributed by atoms with Crippen molar-refractivity contribution in [2.45, 2.75) is 31.7 Å². The normalized spacial score (nSPS) is 12.0. The second-order valence-electron chi connectivity index (χ2n) is 7.32. The Morgan fingerprint density at radius 1 is 0.935 bits per heavy atom. The number of benzene rings is 3. The fourth-order valence-electron chi connectivity index (χ4n) is 3.68. The van der Waals surface area contributed by atoms with Crippen LogP contribution in [0.25, 0.3) is 0 Å². The first-order valence-electron chi connectivity index (χ1n) is 10.1. The van der Waals surface area contributed by atoms with E-state index in [-0.39, 0.29) is 19.4 Å². The van der Waals surface area contributed by atoms with E-state index in [0.29, 0.717) is 0 Å². The molecule has 0 saturated heterocycles. The first kappa shape index (κ1) is 27.4. The SMILES string of the molecule is [CH2-][C@H](c1ccccc1)[C@H](NCCCc1cc(C)cc(OC)c1)c1ccccc1.[CH3-].[Cl][Ru+3]. The van der Waals surface area contributed by atoms with Crippen LogP contribution in [0.1, 0.15) is 40.6 Å². The summed E-state index contributed by atoms with van der Waals surface area (Å²) in [6, 6.07) is 27.8. The van der Waals surface area contributed by atoms with Gasteiger partial charge in [0.15, 0.2) is 0 Å². The standard InChI is InChI=1S/C26H30NO.CH3.ClH.Ru/c1-20-17-22(19-25(18-20)28-3)11-10-16-27-26(24-14-8-5-9-15-24)21(2)23-12-6-4-7-13-23;;;/h4-9,12-15,17-19,21,26-27H,2,10-11,16H2,1,3H3;1H3;1H;/q2*-1;;+4/p-1/t21-,26+;;;/m1.../s1. The van der Waals surface area contributed by atoms with Crippen molar-refractivity contribution in [2.75, 3.05) is 13.7 Å². The van der Waals surface area contributed by atoms with E-state index in [1.165, 1.54) is 22.3 Å². The van der Waals surface area contributed by atoms with Gasteiger partial charge in [-0.3, -0.25) is 0 Å². The van der Waals surface area contributed by atoms with Crippen LogP contribution in [0, 0.1) is 21.3 Å². The third-order valence-corrected chi connectivity index (χ3v) is 5.14. The molecule has 0 aliphatic heterocycles. The number of hydrogen-bond acceptors (Lipinski definition) is 2. The van der Waals surface area contributed by atoms with Crippen molar-refractivity contribution in [1.82, 2.24) is 5.32 Å². The average molecular weight is 524 g/mol. The van der Waals surface area contributed by atoms with Gasteiger partial charge in [0.25, 0.3) is 0 Å². The second kappa shape index (κ2) is 15.2. The fourth-order valence-corrected chi connectivity index (χ4v) is 3.68. The number of ether oxygens (including phenoxy) is 1. The summed E-state index contributed by atoms with van der Waals surface area (Å²) in [5.41, 5.74) is 5.10. The van der Waals surface area contributed by atoms with Gasteiger partial charge >= 0.3 is 27.0 Å². The Labute approximate surface area is 203 Å². The van der Waals surface area contributed by atoms with Crippen LogP contribution in [0.2, 0.25) is 0 Å². The maximum absolute atomic E-state index is 5.39. The number of methoxy groups -OCH3 is 1. The molecule has 0 aliphatic carbocycles. The minimum absolute atomic E-state index is 0. The van der Waals surface area contributed by atoms with Gasteiger partial charge in [-0.2, -0.15) is 0 Å². The monoisotopic (exact) mass is 524 g/mol. The molecule has 0 heterocycles. The van der Waals surface area contributed by atoms with E-state index in [1.54, 1.807) is 7.11 Å². The summed E-state index contributed by atoms with van der Waals surface area (Å²) in [6.45, 7) is 7.53. The zero-order valence-electron chi connectivity index (χ0n) is 18.6. The fraction of sp³-hybridized carbons (Fsp3) is 0.259. The molecule has 4 heteroatoms. The zero-order valence-corrected chi connectivity index (χ0v) is 21.1. The van der Waals surface area contributed by atoms with Crippen LogP contribution in [-0.4, -0.2) is 13.7 Å². The summed E-state index contributed by atoms with van der Waals surface area (Å²) in [5.74, 6) is 1.09. The number of halogens is 1.